The molecule has 0 saturated carbocycles. The van der Waals surface area contributed by atoms with Crippen LogP contribution in [0.3, 0.4) is 0 Å². The molecule has 0 bridgehead atoms. The third-order valence-electron chi connectivity index (χ3n) is 3.06. The van der Waals surface area contributed by atoms with Crippen LogP contribution in [-0.4, -0.2) is 7.11 Å². The van der Waals surface area contributed by atoms with Gasteiger partial charge in [0.25, 0.3) is 0 Å². The van der Waals surface area contributed by atoms with Gasteiger partial charge in [-0.1, -0.05) is 24.3 Å². The first-order valence-electron chi connectivity index (χ1n) is 6.29. The van der Waals surface area contributed by atoms with Crippen molar-refractivity contribution in [3.63, 3.8) is 0 Å². The van der Waals surface area contributed by atoms with Crippen molar-refractivity contribution in [1.29, 1.82) is 0 Å². The SMILES string of the molecule is COc1ccc(COC(C)c2ccc(N)cc2)cc1. The number of nitrogen functional groups attached to an aromatic ring is 1. The van der Waals surface area contributed by atoms with Crippen molar-refractivity contribution in [2.24, 2.45) is 0 Å². The van der Waals surface area contributed by atoms with Gasteiger partial charge in [-0.25, -0.2) is 0 Å². The molecule has 0 aliphatic heterocycles. The highest BCUT2D eigenvalue weighted by atomic mass is 16.5. The van der Waals surface area contributed by atoms with Crippen LogP contribution < -0.4 is 10.5 Å². The molecule has 0 aromatic heterocycles. The molecule has 0 heterocycles. The molecule has 2 N–H and O–H groups in total. The van der Waals surface area contributed by atoms with Gasteiger partial charge in [-0.2, -0.15) is 0 Å². The Hall–Kier alpha value is -2.00. The standard InChI is InChI=1S/C16H19NO2/c1-12(14-5-7-15(17)8-6-14)19-11-13-3-9-16(18-2)10-4-13/h3-10,12H,11,17H2,1-2H3. The van der Waals surface area contributed by atoms with Crippen molar-refractivity contribution >= 4 is 5.69 Å². The number of hydrogen-bond donors (Lipinski definition) is 1. The van der Waals surface area contributed by atoms with E-state index in [1.165, 1.54) is 0 Å². The summed E-state index contributed by atoms with van der Waals surface area (Å²) < 4.78 is 11.0. The lowest BCUT2D eigenvalue weighted by Gasteiger charge is -2.14. The fourth-order valence-corrected chi connectivity index (χ4v) is 1.81. The summed E-state index contributed by atoms with van der Waals surface area (Å²) in [6.07, 6.45) is 0.0442. The zero-order valence-corrected chi connectivity index (χ0v) is 11.3. The molecule has 1 atom stereocenters. The van der Waals surface area contributed by atoms with Crippen molar-refractivity contribution in [3.05, 3.63) is 59.7 Å². The summed E-state index contributed by atoms with van der Waals surface area (Å²) in [5, 5.41) is 0. The fraction of sp³-hybridized carbons (Fsp3) is 0.250. The molecule has 0 spiro atoms. The molecule has 3 heteroatoms. The molecule has 0 aliphatic rings. The van der Waals surface area contributed by atoms with E-state index in [1.54, 1.807) is 7.11 Å². The maximum Gasteiger partial charge on any atom is 0.118 e. The summed E-state index contributed by atoms with van der Waals surface area (Å²) in [5.74, 6) is 0.857. The number of rotatable bonds is 5. The highest BCUT2D eigenvalue weighted by molar-refractivity contribution is 5.39. The van der Waals surface area contributed by atoms with Crippen molar-refractivity contribution in [3.8, 4) is 5.75 Å². The lowest BCUT2D eigenvalue weighted by molar-refractivity contribution is 0.0525. The molecule has 0 fully saturated rings. The summed E-state index contributed by atoms with van der Waals surface area (Å²) in [7, 11) is 1.66. The van der Waals surface area contributed by atoms with Crippen LogP contribution in [0.25, 0.3) is 0 Å². The van der Waals surface area contributed by atoms with Crippen LogP contribution in [0.2, 0.25) is 0 Å². The van der Waals surface area contributed by atoms with E-state index >= 15 is 0 Å². The van der Waals surface area contributed by atoms with Gasteiger partial charge in [0.05, 0.1) is 19.8 Å². The lowest BCUT2D eigenvalue weighted by Crippen LogP contribution is -2.00. The van der Waals surface area contributed by atoms with Gasteiger partial charge in [-0.15, -0.1) is 0 Å². The van der Waals surface area contributed by atoms with Crippen LogP contribution >= 0.6 is 0 Å². The topological polar surface area (TPSA) is 44.5 Å². The van der Waals surface area contributed by atoms with E-state index in [0.717, 1.165) is 22.6 Å². The quantitative estimate of drug-likeness (QED) is 0.833. The molecule has 2 aromatic carbocycles. The molecular formula is C16H19NO2. The molecule has 3 nitrogen and oxygen atoms in total. The minimum absolute atomic E-state index is 0.0442. The largest absolute Gasteiger partial charge is 0.497 e. The van der Waals surface area contributed by atoms with Gasteiger partial charge in [-0.05, 0) is 42.3 Å². The Balaban J connectivity index is 1.92. The molecule has 100 valence electrons. The third-order valence-corrected chi connectivity index (χ3v) is 3.06. The fourth-order valence-electron chi connectivity index (χ4n) is 1.81. The Morgan fingerprint density at radius 1 is 1.00 bits per heavy atom. The van der Waals surface area contributed by atoms with E-state index in [-0.39, 0.29) is 6.10 Å². The van der Waals surface area contributed by atoms with Gasteiger partial charge >= 0.3 is 0 Å². The van der Waals surface area contributed by atoms with Gasteiger partial charge in [-0.3, -0.25) is 0 Å². The Morgan fingerprint density at radius 2 is 1.63 bits per heavy atom. The summed E-state index contributed by atoms with van der Waals surface area (Å²) in [6, 6.07) is 15.7. The number of methoxy groups -OCH3 is 1. The van der Waals surface area contributed by atoms with E-state index in [1.807, 2.05) is 55.5 Å². The zero-order chi connectivity index (χ0) is 13.7. The smallest absolute Gasteiger partial charge is 0.118 e. The van der Waals surface area contributed by atoms with E-state index in [0.29, 0.717) is 6.61 Å². The van der Waals surface area contributed by atoms with Crippen LogP contribution in [0, 0.1) is 0 Å². The number of anilines is 1. The van der Waals surface area contributed by atoms with Crippen molar-refractivity contribution < 1.29 is 9.47 Å². The monoisotopic (exact) mass is 257 g/mol. The minimum atomic E-state index is 0.0442. The molecule has 19 heavy (non-hydrogen) atoms. The number of ether oxygens (including phenoxy) is 2. The van der Waals surface area contributed by atoms with E-state index in [9.17, 15) is 0 Å². The predicted molar refractivity (Wildman–Crippen MR) is 77.1 cm³/mol. The molecule has 0 radical (unpaired) electrons. The first kappa shape index (κ1) is 13.4. The second-order valence-corrected chi connectivity index (χ2v) is 4.47. The number of hydrogen-bond acceptors (Lipinski definition) is 3. The molecule has 0 saturated heterocycles. The Bertz CT molecular complexity index is 505. The maximum atomic E-state index is 5.85. The maximum absolute atomic E-state index is 5.85. The second-order valence-electron chi connectivity index (χ2n) is 4.47. The molecule has 2 rings (SSSR count). The molecule has 0 amide bonds. The Morgan fingerprint density at radius 3 is 2.21 bits per heavy atom. The average Bonchev–Trinajstić information content (AvgIpc) is 2.46. The highest BCUT2D eigenvalue weighted by Crippen LogP contribution is 2.20. The summed E-state index contributed by atoms with van der Waals surface area (Å²) >= 11 is 0. The minimum Gasteiger partial charge on any atom is -0.497 e. The van der Waals surface area contributed by atoms with Crippen molar-refractivity contribution in [1.82, 2.24) is 0 Å². The summed E-state index contributed by atoms with van der Waals surface area (Å²) in [5.41, 5.74) is 8.69. The first-order valence-corrected chi connectivity index (χ1v) is 6.29. The van der Waals surface area contributed by atoms with Crippen LogP contribution in [0.1, 0.15) is 24.2 Å². The van der Waals surface area contributed by atoms with Gasteiger partial charge < -0.3 is 15.2 Å². The zero-order valence-electron chi connectivity index (χ0n) is 11.3. The second kappa shape index (κ2) is 6.25. The highest BCUT2D eigenvalue weighted by Gasteiger charge is 2.05. The number of nitrogens with two attached hydrogens (primary N) is 1. The number of benzene rings is 2. The van der Waals surface area contributed by atoms with Gasteiger partial charge in [0.15, 0.2) is 0 Å². The van der Waals surface area contributed by atoms with Crippen LogP contribution in [-0.2, 0) is 11.3 Å². The van der Waals surface area contributed by atoms with Crippen molar-refractivity contribution in [2.75, 3.05) is 12.8 Å². The molecular weight excluding hydrogens is 238 g/mol. The van der Waals surface area contributed by atoms with Gasteiger partial charge in [0.2, 0.25) is 0 Å². The average molecular weight is 257 g/mol. The Labute approximate surface area is 114 Å². The van der Waals surface area contributed by atoms with Crippen LogP contribution in [0.15, 0.2) is 48.5 Å². The first-order chi connectivity index (χ1) is 9.19. The van der Waals surface area contributed by atoms with Crippen LogP contribution in [0.4, 0.5) is 5.69 Å². The van der Waals surface area contributed by atoms with E-state index in [4.69, 9.17) is 15.2 Å². The van der Waals surface area contributed by atoms with Crippen LogP contribution in [0.5, 0.6) is 5.75 Å². The van der Waals surface area contributed by atoms with Gasteiger partial charge in [0.1, 0.15) is 5.75 Å². The summed E-state index contributed by atoms with van der Waals surface area (Å²) in [4.78, 5) is 0. The van der Waals surface area contributed by atoms with Gasteiger partial charge in [0, 0.05) is 5.69 Å². The normalized spacial score (nSPS) is 12.1. The van der Waals surface area contributed by atoms with E-state index < -0.39 is 0 Å². The lowest BCUT2D eigenvalue weighted by atomic mass is 10.1. The van der Waals surface area contributed by atoms with E-state index in [2.05, 4.69) is 0 Å². The third kappa shape index (κ3) is 3.73. The molecule has 2 aromatic rings. The summed E-state index contributed by atoms with van der Waals surface area (Å²) in [6.45, 7) is 2.62. The molecule has 0 aliphatic carbocycles. The Kier molecular flexibility index (Phi) is 4.42. The molecule has 1 unspecified atom stereocenters. The van der Waals surface area contributed by atoms with Crippen molar-refractivity contribution in [2.45, 2.75) is 19.6 Å². The predicted octanol–water partition coefficient (Wildman–Crippen LogP) is 3.56.